The van der Waals surface area contributed by atoms with E-state index in [1.165, 1.54) is 18.9 Å². The Morgan fingerprint density at radius 1 is 1.44 bits per heavy atom. The molecule has 18 heavy (non-hydrogen) atoms. The Kier molecular flexibility index (Phi) is 2.88. The van der Waals surface area contributed by atoms with Gasteiger partial charge in [0.25, 0.3) is 0 Å². The molecule has 0 radical (unpaired) electrons. The molecule has 0 aliphatic heterocycles. The van der Waals surface area contributed by atoms with Crippen LogP contribution in [0.25, 0.3) is 11.4 Å². The molecule has 4 heteroatoms. The highest BCUT2D eigenvalue weighted by Gasteiger charge is 2.20. The van der Waals surface area contributed by atoms with E-state index in [0.29, 0.717) is 18.2 Å². The lowest BCUT2D eigenvalue weighted by atomic mass is 10.1. The van der Waals surface area contributed by atoms with Crippen LogP contribution in [0.4, 0.5) is 4.39 Å². The highest BCUT2D eigenvalue weighted by Crippen LogP contribution is 2.22. The van der Waals surface area contributed by atoms with Gasteiger partial charge in [-0.3, -0.25) is 0 Å². The number of nitrogens with zero attached hydrogens (tertiary/aromatic N) is 2. The van der Waals surface area contributed by atoms with Crippen LogP contribution in [0, 0.1) is 5.82 Å². The number of aryl methyl sites for hydroxylation is 1. The molecule has 2 aromatic rings. The quantitative estimate of drug-likeness (QED) is 0.896. The third-order valence-electron chi connectivity index (χ3n) is 3.28. The second kappa shape index (κ2) is 4.53. The second-order valence-corrected chi connectivity index (χ2v) is 4.82. The third-order valence-corrected chi connectivity index (χ3v) is 3.28. The monoisotopic (exact) mass is 245 g/mol. The first kappa shape index (κ1) is 11.4. The normalized spacial score (nSPS) is 15.0. The van der Waals surface area contributed by atoms with Crippen LogP contribution < -0.4 is 5.32 Å². The predicted octanol–water partition coefficient (Wildman–Crippen LogP) is 2.48. The molecule has 94 valence electrons. The topological polar surface area (TPSA) is 29.9 Å². The molecule has 0 spiro atoms. The van der Waals surface area contributed by atoms with Gasteiger partial charge in [-0.25, -0.2) is 9.37 Å². The molecule has 1 saturated carbocycles. The zero-order valence-electron chi connectivity index (χ0n) is 10.4. The summed E-state index contributed by atoms with van der Waals surface area (Å²) in [6.07, 6.45) is 6.06. The fourth-order valence-corrected chi connectivity index (χ4v) is 2.03. The van der Waals surface area contributed by atoms with Crippen LogP contribution in [0.3, 0.4) is 0 Å². The van der Waals surface area contributed by atoms with Gasteiger partial charge in [0.15, 0.2) is 0 Å². The molecule has 1 aromatic carbocycles. The molecule has 1 aliphatic carbocycles. The average molecular weight is 245 g/mol. The molecular weight excluding hydrogens is 229 g/mol. The molecule has 0 bridgehead atoms. The first-order chi connectivity index (χ1) is 8.74. The first-order valence-electron chi connectivity index (χ1n) is 6.23. The van der Waals surface area contributed by atoms with Crippen molar-refractivity contribution in [2.24, 2.45) is 7.05 Å². The fraction of sp³-hybridized carbons (Fsp3) is 0.357. The summed E-state index contributed by atoms with van der Waals surface area (Å²) in [5, 5.41) is 3.33. The minimum atomic E-state index is -0.152. The summed E-state index contributed by atoms with van der Waals surface area (Å²) in [6, 6.07) is 5.76. The highest BCUT2D eigenvalue weighted by atomic mass is 19.1. The van der Waals surface area contributed by atoms with Gasteiger partial charge in [-0.15, -0.1) is 0 Å². The number of aromatic nitrogens is 2. The molecular formula is C14H16FN3. The maximum absolute atomic E-state index is 13.7. The van der Waals surface area contributed by atoms with Gasteiger partial charge >= 0.3 is 0 Å². The predicted molar refractivity (Wildman–Crippen MR) is 68.5 cm³/mol. The van der Waals surface area contributed by atoms with E-state index < -0.39 is 0 Å². The van der Waals surface area contributed by atoms with Gasteiger partial charge < -0.3 is 9.88 Å². The Labute approximate surface area is 106 Å². The zero-order chi connectivity index (χ0) is 12.5. The lowest BCUT2D eigenvalue weighted by Gasteiger charge is -2.08. The maximum Gasteiger partial charge on any atom is 0.139 e. The van der Waals surface area contributed by atoms with Crippen LogP contribution >= 0.6 is 0 Å². The van der Waals surface area contributed by atoms with Crippen LogP contribution in [0.1, 0.15) is 18.4 Å². The Morgan fingerprint density at radius 2 is 2.28 bits per heavy atom. The van der Waals surface area contributed by atoms with E-state index in [2.05, 4.69) is 10.3 Å². The van der Waals surface area contributed by atoms with Gasteiger partial charge in [-0.1, -0.05) is 0 Å². The van der Waals surface area contributed by atoms with E-state index in [4.69, 9.17) is 0 Å². The Bertz CT molecular complexity index is 558. The standard InChI is InChI=1S/C14H16FN3/c1-18-7-6-16-14(18)10-2-5-13(15)11(8-10)9-17-12-3-4-12/h2,5-8,12,17H,3-4,9H2,1H3. The van der Waals surface area contributed by atoms with Gasteiger partial charge in [0.05, 0.1) is 0 Å². The van der Waals surface area contributed by atoms with Crippen molar-refractivity contribution in [3.05, 3.63) is 42.0 Å². The number of rotatable bonds is 4. The Hall–Kier alpha value is -1.68. The highest BCUT2D eigenvalue weighted by molar-refractivity contribution is 5.56. The van der Waals surface area contributed by atoms with E-state index >= 15 is 0 Å². The molecule has 3 nitrogen and oxygen atoms in total. The molecule has 1 aliphatic rings. The Morgan fingerprint density at radius 3 is 2.94 bits per heavy atom. The van der Waals surface area contributed by atoms with Gasteiger partial charge in [0.1, 0.15) is 11.6 Å². The summed E-state index contributed by atoms with van der Waals surface area (Å²) in [4.78, 5) is 4.28. The van der Waals surface area contributed by atoms with Gasteiger partial charge in [0, 0.05) is 43.2 Å². The van der Waals surface area contributed by atoms with E-state index in [-0.39, 0.29) is 5.82 Å². The second-order valence-electron chi connectivity index (χ2n) is 4.82. The van der Waals surface area contributed by atoms with Crippen molar-refractivity contribution in [1.29, 1.82) is 0 Å². The summed E-state index contributed by atoms with van der Waals surface area (Å²) in [5.74, 6) is 0.712. The lowest BCUT2D eigenvalue weighted by molar-refractivity contribution is 0.587. The minimum Gasteiger partial charge on any atom is -0.334 e. The van der Waals surface area contributed by atoms with Crippen LogP contribution in [0.2, 0.25) is 0 Å². The molecule has 0 amide bonds. The number of nitrogens with one attached hydrogen (secondary N) is 1. The van der Waals surface area contributed by atoms with E-state index in [0.717, 1.165) is 11.4 Å². The minimum absolute atomic E-state index is 0.152. The number of hydrogen-bond donors (Lipinski definition) is 1. The SMILES string of the molecule is Cn1ccnc1-c1ccc(F)c(CNC2CC2)c1. The van der Waals surface area contributed by atoms with Crippen molar-refractivity contribution >= 4 is 0 Å². The van der Waals surface area contributed by atoms with Crippen molar-refractivity contribution in [3.8, 4) is 11.4 Å². The smallest absolute Gasteiger partial charge is 0.139 e. The van der Waals surface area contributed by atoms with Gasteiger partial charge in [-0.2, -0.15) is 0 Å². The number of halogens is 1. The molecule has 3 rings (SSSR count). The third kappa shape index (κ3) is 2.29. The molecule has 0 saturated heterocycles. The summed E-state index contributed by atoms with van der Waals surface area (Å²) in [5.41, 5.74) is 1.67. The number of benzene rings is 1. The summed E-state index contributed by atoms with van der Waals surface area (Å²) in [7, 11) is 1.94. The average Bonchev–Trinajstić information content (AvgIpc) is 3.10. The van der Waals surface area contributed by atoms with Crippen molar-refractivity contribution in [2.45, 2.75) is 25.4 Å². The van der Waals surface area contributed by atoms with Crippen molar-refractivity contribution < 1.29 is 4.39 Å². The van der Waals surface area contributed by atoms with E-state index in [9.17, 15) is 4.39 Å². The first-order valence-corrected chi connectivity index (χ1v) is 6.23. The van der Waals surface area contributed by atoms with Crippen LogP contribution in [-0.2, 0) is 13.6 Å². The molecule has 1 aromatic heterocycles. The van der Waals surface area contributed by atoms with Crippen molar-refractivity contribution in [2.75, 3.05) is 0 Å². The summed E-state index contributed by atoms with van der Waals surface area (Å²) >= 11 is 0. The summed E-state index contributed by atoms with van der Waals surface area (Å²) < 4.78 is 15.7. The van der Waals surface area contributed by atoms with Gasteiger partial charge in [-0.05, 0) is 31.0 Å². The van der Waals surface area contributed by atoms with E-state index in [1.807, 2.05) is 23.9 Å². The largest absolute Gasteiger partial charge is 0.334 e. The van der Waals surface area contributed by atoms with Gasteiger partial charge in [0.2, 0.25) is 0 Å². The summed E-state index contributed by atoms with van der Waals surface area (Å²) in [6.45, 7) is 0.592. The number of imidazole rings is 1. The van der Waals surface area contributed by atoms with Crippen LogP contribution in [-0.4, -0.2) is 15.6 Å². The lowest BCUT2D eigenvalue weighted by Crippen LogP contribution is -2.16. The number of hydrogen-bond acceptors (Lipinski definition) is 2. The molecule has 1 N–H and O–H groups in total. The van der Waals surface area contributed by atoms with Crippen LogP contribution in [0.15, 0.2) is 30.6 Å². The zero-order valence-corrected chi connectivity index (χ0v) is 10.4. The molecule has 1 heterocycles. The maximum atomic E-state index is 13.7. The van der Waals surface area contributed by atoms with Crippen LogP contribution in [0.5, 0.6) is 0 Å². The fourth-order valence-electron chi connectivity index (χ4n) is 2.03. The van der Waals surface area contributed by atoms with E-state index in [1.54, 1.807) is 12.3 Å². The van der Waals surface area contributed by atoms with Crippen molar-refractivity contribution in [1.82, 2.24) is 14.9 Å². The molecule has 1 fully saturated rings. The molecule has 0 unspecified atom stereocenters. The molecule has 0 atom stereocenters. The Balaban J connectivity index is 1.87. The van der Waals surface area contributed by atoms with Crippen molar-refractivity contribution in [3.63, 3.8) is 0 Å².